The van der Waals surface area contributed by atoms with Gasteiger partial charge in [-0.2, -0.15) is 0 Å². The Hall–Kier alpha value is -2.74. The number of thiazole rings is 1. The van der Waals surface area contributed by atoms with Gasteiger partial charge in [-0.15, -0.1) is 0 Å². The zero-order valence-electron chi connectivity index (χ0n) is 12.5. The molecule has 5 nitrogen and oxygen atoms in total. The van der Waals surface area contributed by atoms with Crippen molar-refractivity contribution in [1.82, 2.24) is 4.98 Å². The molecule has 0 spiro atoms. The Morgan fingerprint density at radius 3 is 2.75 bits per heavy atom. The van der Waals surface area contributed by atoms with E-state index in [1.807, 2.05) is 0 Å². The monoisotopic (exact) mass is 350 g/mol. The van der Waals surface area contributed by atoms with Crippen LogP contribution in [0.1, 0.15) is 0 Å². The van der Waals surface area contributed by atoms with E-state index in [9.17, 15) is 13.6 Å². The number of rotatable bonds is 5. The maximum atomic E-state index is 13.6. The highest BCUT2D eigenvalue weighted by molar-refractivity contribution is 7.22. The maximum Gasteiger partial charge on any atom is 0.264 e. The Morgan fingerprint density at radius 1 is 1.25 bits per heavy atom. The first-order chi connectivity index (χ1) is 11.6. The molecule has 1 amide bonds. The second-order valence-electron chi connectivity index (χ2n) is 4.74. The van der Waals surface area contributed by atoms with E-state index in [-0.39, 0.29) is 17.3 Å². The van der Waals surface area contributed by atoms with Crippen LogP contribution in [0.15, 0.2) is 36.4 Å². The quantitative estimate of drug-likeness (QED) is 0.764. The Balaban J connectivity index is 1.68. The van der Waals surface area contributed by atoms with Crippen molar-refractivity contribution in [2.75, 3.05) is 19.0 Å². The number of halogens is 2. The molecule has 0 saturated heterocycles. The topological polar surface area (TPSA) is 60.5 Å². The number of ether oxygens (including phenoxy) is 2. The van der Waals surface area contributed by atoms with Crippen molar-refractivity contribution in [3.8, 4) is 11.5 Å². The molecule has 0 aliphatic heterocycles. The third-order valence-electron chi connectivity index (χ3n) is 3.09. The zero-order chi connectivity index (χ0) is 17.1. The van der Waals surface area contributed by atoms with Crippen LogP contribution in [0, 0.1) is 11.6 Å². The molecule has 24 heavy (non-hydrogen) atoms. The van der Waals surface area contributed by atoms with Crippen LogP contribution >= 0.6 is 11.3 Å². The molecule has 1 heterocycles. The molecule has 1 aromatic heterocycles. The summed E-state index contributed by atoms with van der Waals surface area (Å²) in [6.45, 7) is -0.271. The van der Waals surface area contributed by atoms with Crippen molar-refractivity contribution in [3.05, 3.63) is 48.0 Å². The lowest BCUT2D eigenvalue weighted by atomic mass is 10.3. The summed E-state index contributed by atoms with van der Waals surface area (Å²) in [7, 11) is 1.50. The second-order valence-corrected chi connectivity index (χ2v) is 5.77. The number of nitrogens with zero attached hydrogens (tertiary/aromatic N) is 1. The average Bonchev–Trinajstić information content (AvgIpc) is 2.95. The summed E-state index contributed by atoms with van der Waals surface area (Å²) in [4.78, 5) is 15.9. The van der Waals surface area contributed by atoms with Gasteiger partial charge in [-0.1, -0.05) is 23.5 Å². The van der Waals surface area contributed by atoms with E-state index in [0.717, 1.165) is 23.5 Å². The molecule has 1 N–H and O–H groups in total. The molecule has 0 atom stereocenters. The summed E-state index contributed by atoms with van der Waals surface area (Å²) in [6.07, 6.45) is 0. The lowest BCUT2D eigenvalue weighted by Gasteiger charge is -2.09. The fourth-order valence-corrected chi connectivity index (χ4v) is 2.97. The van der Waals surface area contributed by atoms with Crippen molar-refractivity contribution in [2.24, 2.45) is 0 Å². The Labute approximate surface area is 139 Å². The molecule has 0 saturated carbocycles. The predicted octanol–water partition coefficient (Wildman–Crippen LogP) is 3.60. The van der Waals surface area contributed by atoms with Crippen molar-refractivity contribution in [3.63, 3.8) is 0 Å². The van der Waals surface area contributed by atoms with Gasteiger partial charge < -0.3 is 9.47 Å². The van der Waals surface area contributed by atoms with E-state index in [4.69, 9.17) is 9.47 Å². The number of para-hydroxylation sites is 2. The highest BCUT2D eigenvalue weighted by atomic mass is 32.1. The van der Waals surface area contributed by atoms with Gasteiger partial charge in [-0.05, 0) is 18.2 Å². The summed E-state index contributed by atoms with van der Waals surface area (Å²) in [5.41, 5.74) is 0.0161. The number of hydrogen-bond acceptors (Lipinski definition) is 5. The molecular formula is C16H12F2N2O3S. The van der Waals surface area contributed by atoms with Crippen LogP contribution in [-0.2, 0) is 4.79 Å². The van der Waals surface area contributed by atoms with Crippen molar-refractivity contribution in [2.45, 2.75) is 0 Å². The normalized spacial score (nSPS) is 10.6. The molecule has 8 heteroatoms. The summed E-state index contributed by atoms with van der Waals surface area (Å²) < 4.78 is 37.6. The van der Waals surface area contributed by atoms with Gasteiger partial charge >= 0.3 is 0 Å². The van der Waals surface area contributed by atoms with E-state index in [1.165, 1.54) is 7.11 Å². The van der Waals surface area contributed by atoms with E-state index in [2.05, 4.69) is 10.3 Å². The molecule has 0 bridgehead atoms. The fraction of sp³-hybridized carbons (Fsp3) is 0.125. The minimum atomic E-state index is -0.771. The van der Waals surface area contributed by atoms with Gasteiger partial charge in [0, 0.05) is 6.07 Å². The van der Waals surface area contributed by atoms with Gasteiger partial charge in [-0.25, -0.2) is 13.8 Å². The molecule has 0 radical (unpaired) electrons. The third kappa shape index (κ3) is 3.43. The molecule has 0 aliphatic rings. The molecule has 2 aromatic carbocycles. The van der Waals surface area contributed by atoms with Crippen LogP contribution in [0.4, 0.5) is 13.9 Å². The average molecular weight is 350 g/mol. The van der Waals surface area contributed by atoms with Gasteiger partial charge in [0.05, 0.1) is 11.8 Å². The lowest BCUT2D eigenvalue weighted by Crippen LogP contribution is -2.20. The first kappa shape index (κ1) is 16.1. The molecule has 3 aromatic rings. The minimum Gasteiger partial charge on any atom is -0.493 e. The molecular weight excluding hydrogens is 338 g/mol. The lowest BCUT2D eigenvalue weighted by molar-refractivity contribution is -0.118. The SMILES string of the molecule is COc1ccccc1OCC(=O)Nc1nc2c(F)cc(F)cc2s1. The van der Waals surface area contributed by atoms with Crippen LogP contribution in [0.3, 0.4) is 0 Å². The van der Waals surface area contributed by atoms with Crippen LogP contribution in [-0.4, -0.2) is 24.6 Å². The minimum absolute atomic E-state index is 0.0161. The number of anilines is 1. The first-order valence-electron chi connectivity index (χ1n) is 6.88. The zero-order valence-corrected chi connectivity index (χ0v) is 13.3. The Kier molecular flexibility index (Phi) is 4.57. The first-order valence-corrected chi connectivity index (χ1v) is 7.69. The fourth-order valence-electron chi connectivity index (χ4n) is 2.05. The molecule has 0 fully saturated rings. The summed E-state index contributed by atoms with van der Waals surface area (Å²) in [5, 5.41) is 2.67. The molecule has 0 aliphatic carbocycles. The Bertz CT molecular complexity index is 898. The van der Waals surface area contributed by atoms with Crippen molar-refractivity contribution in [1.29, 1.82) is 0 Å². The van der Waals surface area contributed by atoms with Crippen LogP contribution in [0.5, 0.6) is 11.5 Å². The third-order valence-corrected chi connectivity index (χ3v) is 4.01. The number of carbonyl (C=O) groups is 1. The smallest absolute Gasteiger partial charge is 0.264 e. The van der Waals surface area contributed by atoms with Crippen molar-refractivity contribution >= 4 is 32.6 Å². The van der Waals surface area contributed by atoms with Gasteiger partial charge in [0.1, 0.15) is 11.3 Å². The second kappa shape index (κ2) is 6.79. The summed E-state index contributed by atoms with van der Waals surface area (Å²) in [6, 6.07) is 8.82. The largest absolute Gasteiger partial charge is 0.493 e. The standard InChI is InChI=1S/C16H12F2N2O3S/c1-22-11-4-2-3-5-12(11)23-8-14(21)19-16-20-15-10(18)6-9(17)7-13(15)24-16/h2-7H,8H2,1H3,(H,19,20,21). The predicted molar refractivity (Wildman–Crippen MR) is 86.7 cm³/mol. The summed E-state index contributed by atoms with van der Waals surface area (Å²) in [5.74, 6) is -1.01. The molecule has 124 valence electrons. The number of aromatic nitrogens is 1. The highest BCUT2D eigenvalue weighted by Crippen LogP contribution is 2.29. The van der Waals surface area contributed by atoms with Gasteiger partial charge in [0.2, 0.25) is 0 Å². The van der Waals surface area contributed by atoms with Gasteiger partial charge in [0.25, 0.3) is 5.91 Å². The van der Waals surface area contributed by atoms with Crippen LogP contribution < -0.4 is 14.8 Å². The van der Waals surface area contributed by atoms with Crippen LogP contribution in [0.25, 0.3) is 10.2 Å². The number of benzene rings is 2. The number of fused-ring (bicyclic) bond motifs is 1. The highest BCUT2D eigenvalue weighted by Gasteiger charge is 2.13. The number of amides is 1. The number of nitrogens with one attached hydrogen (secondary N) is 1. The van der Waals surface area contributed by atoms with Gasteiger partial charge in [0.15, 0.2) is 29.1 Å². The van der Waals surface area contributed by atoms with Gasteiger partial charge in [-0.3, -0.25) is 10.1 Å². The molecule has 0 unspecified atom stereocenters. The number of hydrogen-bond donors (Lipinski definition) is 1. The van der Waals surface area contributed by atoms with E-state index in [1.54, 1.807) is 24.3 Å². The number of carbonyl (C=O) groups excluding carboxylic acids is 1. The molecule has 3 rings (SSSR count). The maximum absolute atomic E-state index is 13.6. The van der Waals surface area contributed by atoms with E-state index in [0.29, 0.717) is 16.2 Å². The Morgan fingerprint density at radius 2 is 2.00 bits per heavy atom. The van der Waals surface area contributed by atoms with Crippen molar-refractivity contribution < 1.29 is 23.0 Å². The van der Waals surface area contributed by atoms with E-state index >= 15 is 0 Å². The summed E-state index contributed by atoms with van der Waals surface area (Å²) >= 11 is 0.980. The number of methoxy groups -OCH3 is 1. The van der Waals surface area contributed by atoms with Crippen LogP contribution in [0.2, 0.25) is 0 Å². The van der Waals surface area contributed by atoms with E-state index < -0.39 is 17.5 Å².